The van der Waals surface area contributed by atoms with Crippen LogP contribution in [-0.4, -0.2) is 17.7 Å². The highest BCUT2D eigenvalue weighted by atomic mass is 79.9. The number of unbranched alkanes of at least 4 members (excludes halogenated alkanes) is 8. The number of amides is 3. The number of halogens is 1. The highest BCUT2D eigenvalue weighted by Gasteiger charge is 2.67. The van der Waals surface area contributed by atoms with Gasteiger partial charge >= 0.3 is 0 Å². The van der Waals surface area contributed by atoms with Crippen molar-refractivity contribution in [3.05, 3.63) is 95.1 Å². The number of carbonyl (C=O) groups excluding carboxylic acids is 3. The van der Waals surface area contributed by atoms with Crippen molar-refractivity contribution < 1.29 is 14.4 Å². The third-order valence-corrected chi connectivity index (χ3v) is 10.8. The van der Waals surface area contributed by atoms with E-state index in [0.717, 1.165) is 35.1 Å². The second-order valence-corrected chi connectivity index (χ2v) is 13.3. The Bertz CT molecular complexity index is 1440. The highest BCUT2D eigenvalue weighted by molar-refractivity contribution is 9.09. The molecule has 42 heavy (non-hydrogen) atoms. The number of rotatable bonds is 12. The molecule has 7 rings (SSSR count). The lowest BCUT2D eigenvalue weighted by Gasteiger charge is -2.51. The summed E-state index contributed by atoms with van der Waals surface area (Å²) in [4.78, 5) is 42.0. The molecular weight excluding hydrogens is 588 g/mol. The Balaban J connectivity index is 1.11. The van der Waals surface area contributed by atoms with Crippen LogP contribution in [0.1, 0.15) is 99.3 Å². The number of anilines is 2. The van der Waals surface area contributed by atoms with Gasteiger partial charge in [-0.2, -0.15) is 0 Å². The van der Waals surface area contributed by atoms with Crippen molar-refractivity contribution in [3.63, 3.8) is 0 Å². The molecule has 1 aliphatic heterocycles. The average molecular weight is 628 g/mol. The van der Waals surface area contributed by atoms with E-state index in [4.69, 9.17) is 0 Å². The van der Waals surface area contributed by atoms with E-state index in [0.29, 0.717) is 17.8 Å². The van der Waals surface area contributed by atoms with E-state index in [-0.39, 0.29) is 23.6 Å². The summed E-state index contributed by atoms with van der Waals surface area (Å²) in [5, 5.41) is 2.98. The molecule has 6 heteroatoms. The Hall–Kier alpha value is -3.25. The zero-order chi connectivity index (χ0) is 29.3. The number of hydrogen-bond donors (Lipinski definition) is 1. The third-order valence-electron chi connectivity index (χ3n) is 9.43. The smallest absolute Gasteiger partial charge is 0.239 e. The molecule has 2 atom stereocenters. The first-order valence-corrected chi connectivity index (χ1v) is 16.4. The van der Waals surface area contributed by atoms with Gasteiger partial charge in [-0.1, -0.05) is 123 Å². The Morgan fingerprint density at radius 2 is 1.31 bits per heavy atom. The monoisotopic (exact) mass is 626 g/mol. The van der Waals surface area contributed by atoms with Gasteiger partial charge in [0.2, 0.25) is 17.7 Å². The van der Waals surface area contributed by atoms with Crippen LogP contribution in [0.3, 0.4) is 0 Å². The lowest BCUT2D eigenvalue weighted by Crippen LogP contribution is -2.50. The quantitative estimate of drug-likeness (QED) is 0.125. The molecule has 3 aromatic carbocycles. The van der Waals surface area contributed by atoms with Crippen molar-refractivity contribution in [2.24, 2.45) is 11.8 Å². The zero-order valence-corrected chi connectivity index (χ0v) is 25.9. The minimum absolute atomic E-state index is 0.00150. The van der Waals surface area contributed by atoms with E-state index in [1.54, 1.807) is 24.3 Å². The predicted molar refractivity (Wildman–Crippen MR) is 171 cm³/mol. The molecule has 5 nitrogen and oxygen atoms in total. The molecular formula is C36H39BrN2O3. The zero-order valence-electron chi connectivity index (χ0n) is 24.3. The van der Waals surface area contributed by atoms with E-state index in [9.17, 15) is 14.4 Å². The van der Waals surface area contributed by atoms with Crippen LogP contribution in [0, 0.1) is 11.8 Å². The number of alkyl halides is 1. The maximum atomic E-state index is 14.1. The molecule has 2 bridgehead atoms. The van der Waals surface area contributed by atoms with Gasteiger partial charge < -0.3 is 5.32 Å². The molecule has 1 heterocycles. The van der Waals surface area contributed by atoms with Gasteiger partial charge in [0.25, 0.3) is 0 Å². The number of benzene rings is 3. The van der Waals surface area contributed by atoms with Gasteiger partial charge in [0.1, 0.15) is 0 Å². The van der Waals surface area contributed by atoms with Crippen LogP contribution >= 0.6 is 15.9 Å². The molecule has 0 radical (unpaired) electrons. The standard InChI is InChI=1S/C36H39BrN2O3/c1-2-3-4-5-6-7-8-9-10-19-30(40)38-24-20-22-25(23-21-24)39-34(41)32-31-26-15-11-13-17-28(26)36(37,33(32)35(39)42)29-18-14-12-16-27(29)31/h11-18,20-23,31-33H,2-10,19H2,1H3,(H,38,40)/t31?,32-,33+,36?/m1/s1. The second kappa shape index (κ2) is 12.2. The normalized spacial score (nSPS) is 23.5. The van der Waals surface area contributed by atoms with Gasteiger partial charge in [-0.25, -0.2) is 4.90 Å². The van der Waals surface area contributed by atoms with Crippen molar-refractivity contribution >= 4 is 45.0 Å². The van der Waals surface area contributed by atoms with E-state index in [1.165, 1.54) is 49.8 Å². The van der Waals surface area contributed by atoms with E-state index in [1.807, 2.05) is 24.3 Å². The van der Waals surface area contributed by atoms with Crippen LogP contribution in [0.15, 0.2) is 72.8 Å². The molecule has 0 saturated carbocycles. The molecule has 1 N–H and O–H groups in total. The van der Waals surface area contributed by atoms with Crippen LogP contribution in [0.2, 0.25) is 0 Å². The fourth-order valence-corrected chi connectivity index (χ4v) is 8.65. The topological polar surface area (TPSA) is 66.5 Å². The van der Waals surface area contributed by atoms with Crippen molar-refractivity contribution in [2.45, 2.75) is 81.4 Å². The SMILES string of the molecule is CCCCCCCCCCCC(=O)Nc1ccc(N2C(=O)[C@@H]3C4c5ccccc5C(Br)(c5ccccc54)[C@@H]3C2=O)cc1. The van der Waals surface area contributed by atoms with Crippen LogP contribution in [0.25, 0.3) is 0 Å². The van der Waals surface area contributed by atoms with Crippen molar-refractivity contribution in [2.75, 3.05) is 10.2 Å². The molecule has 0 aromatic heterocycles. The summed E-state index contributed by atoms with van der Waals surface area (Å²) in [6, 6.07) is 23.5. The summed E-state index contributed by atoms with van der Waals surface area (Å²) in [6.07, 6.45) is 11.4. The fraction of sp³-hybridized carbons (Fsp3) is 0.417. The number of carbonyl (C=O) groups is 3. The Morgan fingerprint density at radius 3 is 1.90 bits per heavy atom. The second-order valence-electron chi connectivity index (χ2n) is 12.1. The molecule has 3 aliphatic carbocycles. The summed E-state index contributed by atoms with van der Waals surface area (Å²) in [7, 11) is 0. The molecule has 0 spiro atoms. The third kappa shape index (κ3) is 4.92. The first kappa shape index (κ1) is 28.9. The Labute approximate surface area is 257 Å². The van der Waals surface area contributed by atoms with Crippen LogP contribution in [0.4, 0.5) is 11.4 Å². The number of nitrogens with one attached hydrogen (secondary N) is 1. The number of nitrogens with zero attached hydrogens (tertiary/aromatic N) is 1. The average Bonchev–Trinajstić information content (AvgIpc) is 3.28. The van der Waals surface area contributed by atoms with Crippen LogP contribution in [-0.2, 0) is 18.7 Å². The predicted octanol–water partition coefficient (Wildman–Crippen LogP) is 8.45. The number of imide groups is 1. The van der Waals surface area contributed by atoms with Gasteiger partial charge in [0, 0.05) is 18.0 Å². The summed E-state index contributed by atoms with van der Waals surface area (Å²) in [5.74, 6) is -1.52. The molecule has 1 saturated heterocycles. The van der Waals surface area contributed by atoms with Crippen molar-refractivity contribution in [1.29, 1.82) is 0 Å². The molecule has 1 fully saturated rings. The minimum Gasteiger partial charge on any atom is -0.326 e. The summed E-state index contributed by atoms with van der Waals surface area (Å²) >= 11 is 4.04. The summed E-state index contributed by atoms with van der Waals surface area (Å²) < 4.78 is -0.760. The van der Waals surface area contributed by atoms with E-state index >= 15 is 0 Å². The van der Waals surface area contributed by atoms with Gasteiger partial charge in [-0.3, -0.25) is 14.4 Å². The first-order valence-electron chi connectivity index (χ1n) is 15.6. The fourth-order valence-electron chi connectivity index (χ4n) is 7.45. The lowest BCUT2D eigenvalue weighted by atomic mass is 9.55. The first-order chi connectivity index (χ1) is 20.5. The molecule has 4 aliphatic rings. The molecule has 3 amide bonds. The van der Waals surface area contributed by atoms with Gasteiger partial charge in [-0.05, 0) is 52.9 Å². The van der Waals surface area contributed by atoms with E-state index in [2.05, 4.69) is 52.4 Å². The maximum absolute atomic E-state index is 14.1. The van der Waals surface area contributed by atoms with Crippen LogP contribution in [0.5, 0.6) is 0 Å². The Morgan fingerprint density at radius 1 is 0.762 bits per heavy atom. The lowest BCUT2D eigenvalue weighted by molar-refractivity contribution is -0.122. The summed E-state index contributed by atoms with van der Waals surface area (Å²) in [6.45, 7) is 2.24. The maximum Gasteiger partial charge on any atom is 0.239 e. The van der Waals surface area contributed by atoms with Gasteiger partial charge in [0.15, 0.2) is 0 Å². The number of hydrogen-bond acceptors (Lipinski definition) is 3. The van der Waals surface area contributed by atoms with Gasteiger partial charge in [0.05, 0.1) is 21.8 Å². The minimum atomic E-state index is -0.760. The largest absolute Gasteiger partial charge is 0.326 e. The van der Waals surface area contributed by atoms with E-state index < -0.39 is 16.2 Å². The molecule has 0 unspecified atom stereocenters. The molecule has 218 valence electrons. The summed E-state index contributed by atoms with van der Waals surface area (Å²) in [5.41, 5.74) is 5.59. The highest BCUT2D eigenvalue weighted by Crippen LogP contribution is 2.66. The van der Waals surface area contributed by atoms with Gasteiger partial charge in [-0.15, -0.1) is 0 Å². The van der Waals surface area contributed by atoms with Crippen molar-refractivity contribution in [1.82, 2.24) is 0 Å². The van der Waals surface area contributed by atoms with Crippen molar-refractivity contribution in [3.8, 4) is 0 Å². The molecule has 3 aromatic rings. The Kier molecular flexibility index (Phi) is 8.35. The van der Waals surface area contributed by atoms with Crippen LogP contribution < -0.4 is 10.2 Å².